The van der Waals surface area contributed by atoms with E-state index in [9.17, 15) is 19.6 Å². The minimum atomic E-state index is -0.453. The van der Waals surface area contributed by atoms with Crippen molar-refractivity contribution >= 4 is 52.2 Å². The van der Waals surface area contributed by atoms with Crippen molar-refractivity contribution in [2.75, 3.05) is 56.6 Å². The minimum absolute atomic E-state index is 0. The van der Waals surface area contributed by atoms with Gasteiger partial charge in [0.2, 0.25) is 11.9 Å². The van der Waals surface area contributed by atoms with Crippen molar-refractivity contribution < 1.29 is 14.3 Å². The van der Waals surface area contributed by atoms with Gasteiger partial charge in [-0.15, -0.1) is 12.4 Å². The number of aromatic nitrogens is 5. The second-order valence-corrected chi connectivity index (χ2v) is 13.1. The molecule has 7 rings (SSSR count). The molecule has 0 unspecified atom stereocenters. The summed E-state index contributed by atoms with van der Waals surface area (Å²) in [6, 6.07) is 11.9. The number of aryl methyl sites for hydroxylation is 1. The van der Waals surface area contributed by atoms with Gasteiger partial charge in [0.1, 0.15) is 33.9 Å². The number of nitrogens with zero attached hydrogens (tertiary/aromatic N) is 10. The minimum Gasteiger partial charge on any atom is -0.392 e. The van der Waals surface area contributed by atoms with Gasteiger partial charge >= 0.3 is 0 Å². The van der Waals surface area contributed by atoms with E-state index in [1.807, 2.05) is 70.8 Å². The number of likely N-dealkylation sites (N-methyl/N-ethyl adjacent to an activating group) is 1. The number of aliphatic hydroxyl groups excluding tert-OH is 1. The molecule has 5 aromatic rings. The van der Waals surface area contributed by atoms with Crippen LogP contribution in [0.25, 0.3) is 28.0 Å². The maximum atomic E-state index is 13.6. The van der Waals surface area contributed by atoms with Crippen LogP contribution in [-0.4, -0.2) is 104 Å². The summed E-state index contributed by atoms with van der Waals surface area (Å²) in [5.74, 6) is 1.18. The Morgan fingerprint density at radius 1 is 1.06 bits per heavy atom. The fourth-order valence-corrected chi connectivity index (χ4v) is 7.35. The van der Waals surface area contributed by atoms with E-state index in [1.165, 1.54) is 23.5 Å². The highest BCUT2D eigenvalue weighted by Gasteiger charge is 2.37. The van der Waals surface area contributed by atoms with E-state index in [4.69, 9.17) is 9.97 Å². The topological polar surface area (TPSA) is 130 Å². The number of fused-ring (bicyclic) bond motifs is 1. The number of pyridine rings is 1. The second-order valence-electron chi connectivity index (χ2n) is 12.2. The zero-order valence-corrected chi connectivity index (χ0v) is 29.0. The van der Waals surface area contributed by atoms with Crippen LogP contribution < -0.4 is 9.80 Å². The first kappa shape index (κ1) is 34.2. The number of carbonyl (C=O) groups is 1. The van der Waals surface area contributed by atoms with Gasteiger partial charge in [-0.1, -0.05) is 18.3 Å². The number of rotatable bonds is 7. The molecule has 2 atom stereocenters. The molecule has 1 amide bonds. The molecule has 2 aliphatic heterocycles. The van der Waals surface area contributed by atoms with E-state index in [0.29, 0.717) is 72.8 Å². The average Bonchev–Trinajstić information content (AvgIpc) is 3.82. The van der Waals surface area contributed by atoms with Crippen molar-refractivity contribution in [1.82, 2.24) is 34.1 Å². The van der Waals surface area contributed by atoms with Crippen LogP contribution in [0.2, 0.25) is 0 Å². The van der Waals surface area contributed by atoms with Gasteiger partial charge in [0.15, 0.2) is 5.13 Å². The van der Waals surface area contributed by atoms with Crippen LogP contribution in [0.4, 0.5) is 21.3 Å². The fraction of sp³-hybridized carbons (Fsp3) is 0.353. The number of likely N-dealkylation sites (tertiary alicyclic amines) is 1. The van der Waals surface area contributed by atoms with E-state index in [2.05, 4.69) is 20.9 Å². The van der Waals surface area contributed by atoms with Crippen molar-refractivity contribution in [3.05, 3.63) is 71.4 Å². The molecule has 0 bridgehead atoms. The molecule has 2 fully saturated rings. The summed E-state index contributed by atoms with van der Waals surface area (Å²) in [5.41, 5.74) is 4.60. The number of benzene rings is 1. The monoisotopic (exact) mass is 702 g/mol. The SMILES string of the molecule is CCc1nc2ccc(-c3cnc(N4CCN(C(=O)[C@@H]5C[C@@H](O)CN5C)CC4)nc3)cn2c1N(C)c1nc(-c2ccc(F)cc2)c(C#N)s1.Cl. The number of halogens is 2. The first-order valence-corrected chi connectivity index (χ1v) is 16.7. The Bertz CT molecular complexity index is 2000. The standard InChI is InChI=1S/C34H35FN10O2S.ClH/c1-4-26-31(42(3)34-40-30(28(16-36)48-34)21-5-8-24(35)9-6-21)45-19-22(7-10-29(45)39-26)23-17-37-33(38-18-23)44-13-11-43(12-14-44)32(47)27-15-25(46)20-41(27)2;/h5-10,17-19,25,27,46H,4,11-15,20H2,1-3H3;1H/t25-,27+;/m1./s1. The third kappa shape index (κ3) is 6.54. The van der Waals surface area contributed by atoms with Crippen LogP contribution in [0, 0.1) is 17.1 Å². The lowest BCUT2D eigenvalue weighted by Crippen LogP contribution is -2.53. The zero-order valence-electron chi connectivity index (χ0n) is 27.3. The maximum absolute atomic E-state index is 13.6. The zero-order chi connectivity index (χ0) is 33.5. The van der Waals surface area contributed by atoms with Gasteiger partial charge in [-0.3, -0.25) is 14.1 Å². The van der Waals surface area contributed by atoms with Gasteiger partial charge < -0.3 is 19.8 Å². The fourth-order valence-electron chi connectivity index (χ4n) is 6.50. The van der Waals surface area contributed by atoms with Crippen molar-refractivity contribution in [2.45, 2.75) is 31.9 Å². The summed E-state index contributed by atoms with van der Waals surface area (Å²) in [4.78, 5) is 40.4. The van der Waals surface area contributed by atoms with E-state index >= 15 is 0 Å². The maximum Gasteiger partial charge on any atom is 0.240 e. The molecule has 0 spiro atoms. The number of hydrogen-bond donors (Lipinski definition) is 1. The van der Waals surface area contributed by atoms with Gasteiger partial charge in [-0.05, 0) is 56.3 Å². The van der Waals surface area contributed by atoms with Gasteiger partial charge in [0.25, 0.3) is 0 Å². The molecule has 4 aromatic heterocycles. The highest BCUT2D eigenvalue weighted by atomic mass is 35.5. The number of β-amino-alcohol motifs (C(OH)–C–C–N with tert-alkyl or cyclic N) is 1. The Kier molecular flexibility index (Phi) is 9.80. The summed E-state index contributed by atoms with van der Waals surface area (Å²) in [6.45, 7) is 5.00. The molecule has 0 radical (unpaired) electrons. The summed E-state index contributed by atoms with van der Waals surface area (Å²) in [5, 5.41) is 20.4. The van der Waals surface area contributed by atoms with E-state index in [-0.39, 0.29) is 30.2 Å². The molecule has 12 nitrogen and oxygen atoms in total. The number of carbonyl (C=O) groups excluding carboxylic acids is 1. The van der Waals surface area contributed by atoms with Crippen LogP contribution in [0.1, 0.15) is 23.9 Å². The van der Waals surface area contributed by atoms with Crippen molar-refractivity contribution in [3.8, 4) is 28.5 Å². The Morgan fingerprint density at radius 3 is 2.39 bits per heavy atom. The summed E-state index contributed by atoms with van der Waals surface area (Å²) < 4.78 is 15.6. The van der Waals surface area contributed by atoms with Gasteiger partial charge in [0, 0.05) is 75.1 Å². The van der Waals surface area contributed by atoms with Crippen molar-refractivity contribution in [2.24, 2.45) is 0 Å². The predicted octanol–water partition coefficient (Wildman–Crippen LogP) is 4.39. The van der Waals surface area contributed by atoms with Crippen LogP contribution in [0.15, 0.2) is 55.0 Å². The summed E-state index contributed by atoms with van der Waals surface area (Å²) in [6.07, 6.45) is 6.35. The molecule has 0 aliphatic carbocycles. The molecular formula is C34H36ClFN10O2S. The molecule has 1 aromatic carbocycles. The number of piperazine rings is 1. The van der Waals surface area contributed by atoms with Crippen LogP contribution in [0.3, 0.4) is 0 Å². The third-order valence-corrected chi connectivity index (χ3v) is 10.1. The summed E-state index contributed by atoms with van der Waals surface area (Å²) >= 11 is 1.28. The number of thiazole rings is 1. The molecule has 2 aliphatic rings. The number of aliphatic hydroxyl groups is 1. The van der Waals surface area contributed by atoms with E-state index in [0.717, 1.165) is 28.3 Å². The lowest BCUT2D eigenvalue weighted by Gasteiger charge is -2.36. The molecular weight excluding hydrogens is 667 g/mol. The number of amides is 1. The smallest absolute Gasteiger partial charge is 0.240 e. The van der Waals surface area contributed by atoms with E-state index < -0.39 is 6.10 Å². The Morgan fingerprint density at radius 2 is 1.76 bits per heavy atom. The highest BCUT2D eigenvalue weighted by molar-refractivity contribution is 7.16. The Balaban J connectivity index is 0.00000417. The first-order valence-electron chi connectivity index (χ1n) is 15.9. The van der Waals surface area contributed by atoms with Crippen molar-refractivity contribution in [3.63, 3.8) is 0 Å². The van der Waals surface area contributed by atoms with E-state index in [1.54, 1.807) is 12.1 Å². The second kappa shape index (κ2) is 14.0. The van der Waals surface area contributed by atoms with Gasteiger partial charge in [-0.2, -0.15) is 5.26 Å². The molecule has 254 valence electrons. The number of imidazole rings is 1. The van der Waals surface area contributed by atoms with Crippen molar-refractivity contribution in [1.29, 1.82) is 5.26 Å². The number of hydrogen-bond acceptors (Lipinski definition) is 11. The van der Waals surface area contributed by atoms with Gasteiger partial charge in [-0.25, -0.2) is 24.3 Å². The number of anilines is 3. The average molecular weight is 703 g/mol. The molecule has 2 saturated heterocycles. The molecule has 0 saturated carbocycles. The molecule has 49 heavy (non-hydrogen) atoms. The predicted molar refractivity (Wildman–Crippen MR) is 189 cm³/mol. The lowest BCUT2D eigenvalue weighted by molar-refractivity contribution is -0.135. The van der Waals surface area contributed by atoms with Gasteiger partial charge in [0.05, 0.1) is 17.8 Å². The summed E-state index contributed by atoms with van der Waals surface area (Å²) in [7, 11) is 3.79. The Labute approximate surface area is 293 Å². The quantitative estimate of drug-likeness (QED) is 0.261. The van der Waals surface area contributed by atoms with Crippen LogP contribution >= 0.6 is 23.7 Å². The Hall–Kier alpha value is -4.68. The number of nitriles is 1. The lowest BCUT2D eigenvalue weighted by atomic mass is 10.1. The normalized spacial score (nSPS) is 18.0. The first-order chi connectivity index (χ1) is 23.2. The van der Waals surface area contributed by atoms with Crippen LogP contribution in [-0.2, 0) is 11.2 Å². The third-order valence-electron chi connectivity index (χ3n) is 9.09. The molecule has 15 heteroatoms. The highest BCUT2D eigenvalue weighted by Crippen LogP contribution is 2.37. The largest absolute Gasteiger partial charge is 0.392 e. The molecule has 6 heterocycles. The molecule has 1 N–H and O–H groups in total. The van der Waals surface area contributed by atoms with Crippen LogP contribution in [0.5, 0.6) is 0 Å².